The third-order valence-corrected chi connectivity index (χ3v) is 6.65. The third kappa shape index (κ3) is 5.98. The quantitative estimate of drug-likeness (QED) is 0.601. The molecule has 1 heterocycles. The lowest BCUT2D eigenvalue weighted by atomic mass is 9.72. The van der Waals surface area contributed by atoms with E-state index in [1.807, 2.05) is 24.3 Å². The first kappa shape index (κ1) is 24.7. The van der Waals surface area contributed by atoms with Gasteiger partial charge in [0.25, 0.3) is 0 Å². The molecule has 0 radical (unpaired) electrons. The molecule has 2 amide bonds. The maximum atomic E-state index is 13.2. The summed E-state index contributed by atoms with van der Waals surface area (Å²) >= 11 is 0. The Morgan fingerprint density at radius 1 is 1.03 bits per heavy atom. The van der Waals surface area contributed by atoms with Crippen LogP contribution in [-0.2, 0) is 16.1 Å². The van der Waals surface area contributed by atoms with Crippen molar-refractivity contribution in [1.29, 1.82) is 0 Å². The van der Waals surface area contributed by atoms with Gasteiger partial charge in [0.1, 0.15) is 17.6 Å². The number of hydrogen-bond acceptors (Lipinski definition) is 5. The van der Waals surface area contributed by atoms with Crippen molar-refractivity contribution in [2.24, 2.45) is 5.41 Å². The molecule has 1 saturated heterocycles. The second-order valence-electron chi connectivity index (χ2n) is 8.84. The van der Waals surface area contributed by atoms with Gasteiger partial charge in [-0.3, -0.25) is 4.79 Å². The number of rotatable bonds is 6. The number of alkyl halides is 3. The maximum Gasteiger partial charge on any atom is 0.573 e. The van der Waals surface area contributed by atoms with Crippen molar-refractivity contribution in [1.82, 2.24) is 5.32 Å². The summed E-state index contributed by atoms with van der Waals surface area (Å²) in [6.45, 7) is 0.825. The van der Waals surface area contributed by atoms with Crippen LogP contribution in [0.2, 0.25) is 0 Å². The third-order valence-electron chi connectivity index (χ3n) is 6.65. The molecule has 0 atom stereocenters. The number of nitrogens with zero attached hydrogens (tertiary/aromatic N) is 1. The fraction of sp³-hybridized carbons (Fsp3) is 0.440. The molecule has 7 nitrogen and oxygen atoms in total. The van der Waals surface area contributed by atoms with Gasteiger partial charge in [-0.1, -0.05) is 12.1 Å². The molecule has 1 aliphatic carbocycles. The zero-order valence-electron chi connectivity index (χ0n) is 19.3. The first-order valence-electron chi connectivity index (χ1n) is 11.4. The summed E-state index contributed by atoms with van der Waals surface area (Å²) in [4.78, 5) is 27.0. The van der Waals surface area contributed by atoms with Crippen molar-refractivity contribution in [3.05, 3.63) is 54.1 Å². The van der Waals surface area contributed by atoms with E-state index in [1.54, 1.807) is 12.0 Å². The van der Waals surface area contributed by atoms with Gasteiger partial charge < -0.3 is 24.4 Å². The molecule has 2 aromatic carbocycles. The van der Waals surface area contributed by atoms with Crippen LogP contribution in [0.15, 0.2) is 48.5 Å². The summed E-state index contributed by atoms with van der Waals surface area (Å²) in [5.74, 6) is 0.370. The van der Waals surface area contributed by atoms with E-state index in [0.717, 1.165) is 11.3 Å². The molecular formula is C25H27F3N2O5. The Bertz CT molecular complexity index is 1030. The zero-order chi connectivity index (χ0) is 25.1. The number of halogens is 3. The molecule has 1 N–H and O–H groups in total. The van der Waals surface area contributed by atoms with Gasteiger partial charge in [-0.2, -0.15) is 0 Å². The number of alkyl carbamates (subject to hydrolysis) is 1. The topological polar surface area (TPSA) is 77.1 Å². The molecule has 1 aliphatic heterocycles. The van der Waals surface area contributed by atoms with E-state index in [9.17, 15) is 22.8 Å². The maximum absolute atomic E-state index is 13.2. The molecule has 0 bridgehead atoms. The van der Waals surface area contributed by atoms with E-state index in [1.165, 1.54) is 24.3 Å². The summed E-state index contributed by atoms with van der Waals surface area (Å²) < 4.78 is 51.7. The lowest BCUT2D eigenvalue weighted by Gasteiger charge is -2.35. The molecule has 2 aliphatic rings. The van der Waals surface area contributed by atoms with E-state index in [0.29, 0.717) is 50.9 Å². The molecule has 2 fully saturated rings. The van der Waals surface area contributed by atoms with Gasteiger partial charge in [-0.25, -0.2) is 4.79 Å². The lowest BCUT2D eigenvalue weighted by molar-refractivity contribution is -0.274. The molecule has 1 spiro atoms. The Hall–Kier alpha value is -3.43. The Kier molecular flexibility index (Phi) is 7.09. The zero-order valence-corrected chi connectivity index (χ0v) is 19.3. The molecule has 10 heteroatoms. The number of benzene rings is 2. The standard InChI is InChI=1S/C25H27F3N2O5/c1-33-19-6-2-17(3-7-19)16-29-23(32)34-20-10-12-24(13-11-20)14-15-30(22(24)31)18-4-8-21(9-5-18)35-25(26,27)28/h2-9,20H,10-16H2,1H3,(H,29,32). The smallest absolute Gasteiger partial charge is 0.497 e. The predicted molar refractivity (Wildman–Crippen MR) is 121 cm³/mol. The van der Waals surface area contributed by atoms with Gasteiger partial charge in [0.05, 0.1) is 12.5 Å². The van der Waals surface area contributed by atoms with E-state index in [4.69, 9.17) is 9.47 Å². The number of amides is 2. The number of ether oxygens (including phenoxy) is 3. The summed E-state index contributed by atoms with van der Waals surface area (Å²) in [6, 6.07) is 12.7. The average Bonchev–Trinajstić information content (AvgIpc) is 3.15. The number of anilines is 1. The van der Waals surface area contributed by atoms with Crippen LogP contribution in [0.5, 0.6) is 11.5 Å². The number of nitrogens with one attached hydrogen (secondary N) is 1. The molecular weight excluding hydrogens is 465 g/mol. The molecule has 35 heavy (non-hydrogen) atoms. The van der Waals surface area contributed by atoms with Crippen LogP contribution in [0.25, 0.3) is 0 Å². The highest BCUT2D eigenvalue weighted by atomic mass is 19.4. The Labute approximate surface area is 201 Å². The largest absolute Gasteiger partial charge is 0.573 e. The van der Waals surface area contributed by atoms with E-state index in [-0.39, 0.29) is 17.8 Å². The van der Waals surface area contributed by atoms with Crippen LogP contribution in [-0.4, -0.2) is 38.1 Å². The van der Waals surface area contributed by atoms with E-state index >= 15 is 0 Å². The Morgan fingerprint density at radius 3 is 2.26 bits per heavy atom. The Balaban J connectivity index is 1.26. The van der Waals surface area contributed by atoms with Crippen molar-refractivity contribution >= 4 is 17.7 Å². The fourth-order valence-corrected chi connectivity index (χ4v) is 4.73. The highest BCUT2D eigenvalue weighted by molar-refractivity contribution is 6.00. The highest BCUT2D eigenvalue weighted by Gasteiger charge is 2.49. The van der Waals surface area contributed by atoms with Crippen molar-refractivity contribution in [3.8, 4) is 11.5 Å². The number of carbonyl (C=O) groups is 2. The van der Waals surface area contributed by atoms with Crippen LogP contribution in [0.4, 0.5) is 23.7 Å². The second kappa shape index (κ2) is 10.1. The molecule has 2 aromatic rings. The minimum atomic E-state index is -4.76. The van der Waals surface area contributed by atoms with Crippen molar-refractivity contribution < 1.29 is 37.0 Å². The van der Waals surface area contributed by atoms with Crippen molar-refractivity contribution in [2.75, 3.05) is 18.6 Å². The van der Waals surface area contributed by atoms with Gasteiger partial charge in [0.15, 0.2) is 0 Å². The predicted octanol–water partition coefficient (Wildman–Crippen LogP) is 5.19. The summed E-state index contributed by atoms with van der Waals surface area (Å²) in [5, 5.41) is 2.74. The minimum absolute atomic E-state index is 0.0376. The van der Waals surface area contributed by atoms with E-state index in [2.05, 4.69) is 10.1 Å². The number of hydrogen-bond donors (Lipinski definition) is 1. The molecule has 188 valence electrons. The molecule has 0 unspecified atom stereocenters. The summed E-state index contributed by atoms with van der Waals surface area (Å²) in [7, 11) is 1.59. The SMILES string of the molecule is COc1ccc(CNC(=O)OC2CCC3(CC2)CCN(c2ccc(OC(F)(F)F)cc2)C3=O)cc1. The highest BCUT2D eigenvalue weighted by Crippen LogP contribution is 2.46. The van der Waals surface area contributed by atoms with Gasteiger partial charge in [0.2, 0.25) is 5.91 Å². The molecule has 4 rings (SSSR count). The van der Waals surface area contributed by atoms with Gasteiger partial charge in [0, 0.05) is 18.8 Å². The lowest BCUT2D eigenvalue weighted by Crippen LogP contribution is -2.40. The molecule has 1 saturated carbocycles. The van der Waals surface area contributed by atoms with Gasteiger partial charge in [-0.05, 0) is 74.1 Å². The van der Waals surface area contributed by atoms with Crippen LogP contribution in [0, 0.1) is 5.41 Å². The fourth-order valence-electron chi connectivity index (χ4n) is 4.73. The minimum Gasteiger partial charge on any atom is -0.497 e. The monoisotopic (exact) mass is 492 g/mol. The first-order valence-corrected chi connectivity index (χ1v) is 11.4. The van der Waals surface area contributed by atoms with E-state index < -0.39 is 17.9 Å². The first-order chi connectivity index (χ1) is 16.7. The van der Waals surface area contributed by atoms with Gasteiger partial charge in [-0.15, -0.1) is 13.2 Å². The van der Waals surface area contributed by atoms with Gasteiger partial charge >= 0.3 is 12.5 Å². The summed E-state index contributed by atoms with van der Waals surface area (Å²) in [5.41, 5.74) is 0.929. The normalized spacial score (nSPS) is 22.2. The number of carbonyl (C=O) groups excluding carboxylic acids is 2. The molecule has 0 aromatic heterocycles. The second-order valence-corrected chi connectivity index (χ2v) is 8.84. The van der Waals surface area contributed by atoms with Crippen molar-refractivity contribution in [3.63, 3.8) is 0 Å². The van der Waals surface area contributed by atoms with Crippen LogP contribution in [0.1, 0.15) is 37.7 Å². The van der Waals surface area contributed by atoms with Crippen LogP contribution < -0.4 is 19.7 Å². The average molecular weight is 492 g/mol. The van der Waals surface area contributed by atoms with Crippen molar-refractivity contribution in [2.45, 2.75) is 51.1 Å². The summed E-state index contributed by atoms with van der Waals surface area (Å²) in [6.07, 6.45) is -2.53. The Morgan fingerprint density at radius 2 is 1.66 bits per heavy atom. The van der Waals surface area contributed by atoms with Crippen LogP contribution in [0.3, 0.4) is 0 Å². The van der Waals surface area contributed by atoms with Crippen LogP contribution >= 0.6 is 0 Å². The number of methoxy groups -OCH3 is 1.